The minimum atomic E-state index is -0.00135. The molecule has 1 saturated heterocycles. The Balaban J connectivity index is 1.92. The molecule has 0 saturated carbocycles. The summed E-state index contributed by atoms with van der Waals surface area (Å²) in [7, 11) is 0. The van der Waals surface area contributed by atoms with E-state index < -0.39 is 0 Å². The average molecular weight is 274 g/mol. The third-order valence-corrected chi connectivity index (χ3v) is 3.25. The molecule has 1 aromatic rings. The SMILES string of the molecule is O=C(COc1cc(Cl)ccc1Cl)N1CCCC1. The van der Waals surface area contributed by atoms with Crippen LogP contribution in [0, 0.1) is 0 Å². The number of benzene rings is 1. The highest BCUT2D eigenvalue weighted by Crippen LogP contribution is 2.27. The van der Waals surface area contributed by atoms with Crippen LogP contribution in [0.25, 0.3) is 0 Å². The lowest BCUT2D eigenvalue weighted by atomic mass is 10.3. The Morgan fingerprint density at radius 2 is 2.00 bits per heavy atom. The van der Waals surface area contributed by atoms with Crippen LogP contribution in [0.2, 0.25) is 10.0 Å². The van der Waals surface area contributed by atoms with E-state index in [0.29, 0.717) is 15.8 Å². The monoisotopic (exact) mass is 273 g/mol. The molecule has 0 atom stereocenters. The molecule has 0 bridgehead atoms. The van der Waals surface area contributed by atoms with Gasteiger partial charge in [0, 0.05) is 24.2 Å². The van der Waals surface area contributed by atoms with Crippen LogP contribution >= 0.6 is 23.2 Å². The quantitative estimate of drug-likeness (QED) is 0.848. The number of carbonyl (C=O) groups is 1. The second kappa shape index (κ2) is 5.61. The van der Waals surface area contributed by atoms with E-state index >= 15 is 0 Å². The fraction of sp³-hybridized carbons (Fsp3) is 0.417. The number of halogens is 2. The summed E-state index contributed by atoms with van der Waals surface area (Å²) in [4.78, 5) is 13.5. The topological polar surface area (TPSA) is 29.5 Å². The van der Waals surface area contributed by atoms with Gasteiger partial charge in [0.1, 0.15) is 5.75 Å². The number of likely N-dealkylation sites (tertiary alicyclic amines) is 1. The van der Waals surface area contributed by atoms with Gasteiger partial charge in [-0.1, -0.05) is 23.2 Å². The fourth-order valence-electron chi connectivity index (χ4n) is 1.79. The number of carbonyl (C=O) groups excluding carboxylic acids is 1. The number of rotatable bonds is 3. The van der Waals surface area contributed by atoms with Gasteiger partial charge < -0.3 is 9.64 Å². The molecule has 17 heavy (non-hydrogen) atoms. The molecule has 2 rings (SSSR count). The van der Waals surface area contributed by atoms with Crippen molar-refractivity contribution in [1.29, 1.82) is 0 Å². The van der Waals surface area contributed by atoms with Crippen LogP contribution in [0.1, 0.15) is 12.8 Å². The number of nitrogens with zero attached hydrogens (tertiary/aromatic N) is 1. The molecule has 3 nitrogen and oxygen atoms in total. The van der Waals surface area contributed by atoms with Gasteiger partial charge in [0.15, 0.2) is 6.61 Å². The summed E-state index contributed by atoms with van der Waals surface area (Å²) in [5.74, 6) is 0.449. The third kappa shape index (κ3) is 3.27. The van der Waals surface area contributed by atoms with Crippen LogP contribution in [0.5, 0.6) is 5.75 Å². The molecule has 1 aliphatic heterocycles. The van der Waals surface area contributed by atoms with E-state index in [1.165, 1.54) is 0 Å². The molecule has 92 valence electrons. The predicted molar refractivity (Wildman–Crippen MR) is 67.8 cm³/mol. The standard InChI is InChI=1S/C12H13Cl2NO2/c13-9-3-4-10(14)11(7-9)17-8-12(16)15-5-1-2-6-15/h3-4,7H,1-2,5-6,8H2. The molecule has 0 N–H and O–H groups in total. The first-order valence-corrected chi connectivity index (χ1v) is 6.28. The first-order chi connectivity index (χ1) is 8.16. The largest absolute Gasteiger partial charge is 0.482 e. The summed E-state index contributed by atoms with van der Waals surface area (Å²) in [6.45, 7) is 1.66. The Morgan fingerprint density at radius 1 is 1.29 bits per heavy atom. The van der Waals surface area contributed by atoms with Crippen molar-refractivity contribution in [1.82, 2.24) is 4.90 Å². The summed E-state index contributed by atoms with van der Waals surface area (Å²) in [6.07, 6.45) is 2.15. The second-order valence-corrected chi connectivity index (χ2v) is 4.79. The van der Waals surface area contributed by atoms with Crippen LogP contribution < -0.4 is 4.74 Å². The zero-order chi connectivity index (χ0) is 12.3. The molecule has 1 amide bonds. The van der Waals surface area contributed by atoms with E-state index in [1.54, 1.807) is 23.1 Å². The predicted octanol–water partition coefficient (Wildman–Crippen LogP) is 2.99. The third-order valence-electron chi connectivity index (χ3n) is 2.70. The van der Waals surface area contributed by atoms with Gasteiger partial charge in [0.05, 0.1) is 5.02 Å². The molecule has 0 aromatic heterocycles. The van der Waals surface area contributed by atoms with Crippen molar-refractivity contribution in [2.45, 2.75) is 12.8 Å². The molecular formula is C12H13Cl2NO2. The highest BCUT2D eigenvalue weighted by atomic mass is 35.5. The maximum absolute atomic E-state index is 11.7. The minimum Gasteiger partial charge on any atom is -0.482 e. The zero-order valence-electron chi connectivity index (χ0n) is 9.29. The molecule has 1 aliphatic rings. The van der Waals surface area contributed by atoms with Gasteiger partial charge in [-0.15, -0.1) is 0 Å². The number of hydrogen-bond donors (Lipinski definition) is 0. The van der Waals surface area contributed by atoms with Gasteiger partial charge in [0.2, 0.25) is 0 Å². The Morgan fingerprint density at radius 3 is 2.71 bits per heavy atom. The highest BCUT2D eigenvalue weighted by molar-refractivity contribution is 6.34. The molecule has 1 heterocycles. The van der Waals surface area contributed by atoms with E-state index in [0.717, 1.165) is 25.9 Å². The molecule has 0 unspecified atom stereocenters. The van der Waals surface area contributed by atoms with E-state index in [-0.39, 0.29) is 12.5 Å². The van der Waals surface area contributed by atoms with Crippen molar-refractivity contribution in [3.8, 4) is 5.75 Å². The highest BCUT2D eigenvalue weighted by Gasteiger charge is 2.18. The van der Waals surface area contributed by atoms with Gasteiger partial charge in [-0.25, -0.2) is 0 Å². The lowest BCUT2D eigenvalue weighted by Crippen LogP contribution is -2.32. The summed E-state index contributed by atoms with van der Waals surface area (Å²) in [5, 5.41) is 1.00. The van der Waals surface area contributed by atoms with Gasteiger partial charge in [-0.3, -0.25) is 4.79 Å². The average Bonchev–Trinajstić information content (AvgIpc) is 2.83. The first kappa shape index (κ1) is 12.5. The molecule has 0 aliphatic carbocycles. The Kier molecular flexibility index (Phi) is 4.13. The Labute approximate surface area is 110 Å². The van der Waals surface area contributed by atoms with Crippen molar-refractivity contribution in [2.75, 3.05) is 19.7 Å². The minimum absolute atomic E-state index is 0.00135. The van der Waals surface area contributed by atoms with Gasteiger partial charge in [-0.05, 0) is 25.0 Å². The first-order valence-electron chi connectivity index (χ1n) is 5.52. The number of amides is 1. The van der Waals surface area contributed by atoms with Crippen LogP contribution in [-0.2, 0) is 4.79 Å². The summed E-state index contributed by atoms with van der Waals surface area (Å²) in [6, 6.07) is 4.94. The fourth-order valence-corrected chi connectivity index (χ4v) is 2.12. The molecule has 5 heteroatoms. The Bertz CT molecular complexity index is 417. The van der Waals surface area contributed by atoms with Crippen molar-refractivity contribution < 1.29 is 9.53 Å². The second-order valence-electron chi connectivity index (χ2n) is 3.95. The van der Waals surface area contributed by atoms with Crippen molar-refractivity contribution >= 4 is 29.1 Å². The lowest BCUT2D eigenvalue weighted by molar-refractivity contribution is -0.132. The van der Waals surface area contributed by atoms with Crippen LogP contribution in [0.15, 0.2) is 18.2 Å². The summed E-state index contributed by atoms with van der Waals surface area (Å²) >= 11 is 11.8. The van der Waals surface area contributed by atoms with Gasteiger partial charge in [0.25, 0.3) is 5.91 Å². The molecule has 1 aromatic carbocycles. The lowest BCUT2D eigenvalue weighted by Gasteiger charge is -2.15. The van der Waals surface area contributed by atoms with Crippen molar-refractivity contribution in [2.24, 2.45) is 0 Å². The number of hydrogen-bond acceptors (Lipinski definition) is 2. The smallest absolute Gasteiger partial charge is 0.260 e. The van der Waals surface area contributed by atoms with Crippen LogP contribution in [0.4, 0.5) is 0 Å². The maximum atomic E-state index is 11.7. The normalized spacial score (nSPS) is 15.1. The van der Waals surface area contributed by atoms with E-state index in [9.17, 15) is 4.79 Å². The van der Waals surface area contributed by atoms with E-state index in [4.69, 9.17) is 27.9 Å². The van der Waals surface area contributed by atoms with E-state index in [2.05, 4.69) is 0 Å². The Hall–Kier alpha value is -0.930. The molecule has 0 radical (unpaired) electrons. The molecular weight excluding hydrogens is 261 g/mol. The summed E-state index contributed by atoms with van der Waals surface area (Å²) < 4.78 is 5.38. The van der Waals surface area contributed by atoms with Crippen LogP contribution in [-0.4, -0.2) is 30.5 Å². The van der Waals surface area contributed by atoms with Gasteiger partial charge >= 0.3 is 0 Å². The van der Waals surface area contributed by atoms with E-state index in [1.807, 2.05) is 0 Å². The van der Waals surface area contributed by atoms with Gasteiger partial charge in [-0.2, -0.15) is 0 Å². The summed E-state index contributed by atoms with van der Waals surface area (Å²) in [5.41, 5.74) is 0. The molecule has 0 spiro atoms. The maximum Gasteiger partial charge on any atom is 0.260 e. The number of ether oxygens (including phenoxy) is 1. The van der Waals surface area contributed by atoms with Crippen molar-refractivity contribution in [3.05, 3.63) is 28.2 Å². The van der Waals surface area contributed by atoms with Crippen molar-refractivity contribution in [3.63, 3.8) is 0 Å². The zero-order valence-corrected chi connectivity index (χ0v) is 10.8. The molecule has 1 fully saturated rings. The van der Waals surface area contributed by atoms with Crippen LogP contribution in [0.3, 0.4) is 0 Å².